The van der Waals surface area contributed by atoms with Gasteiger partial charge in [0.05, 0.1) is 18.1 Å². The molecule has 0 aromatic heterocycles. The Morgan fingerprint density at radius 3 is 2.67 bits per heavy atom. The van der Waals surface area contributed by atoms with Gasteiger partial charge in [0.2, 0.25) is 0 Å². The first-order chi connectivity index (χ1) is 8.49. The summed E-state index contributed by atoms with van der Waals surface area (Å²) in [6.45, 7) is 3.51. The number of halogens is 1. The molecular weight excluding hydrogens is 239 g/mol. The molecule has 98 valence electrons. The van der Waals surface area contributed by atoms with Crippen molar-refractivity contribution in [1.29, 1.82) is 0 Å². The van der Waals surface area contributed by atoms with Crippen LogP contribution >= 0.6 is 0 Å². The highest BCUT2D eigenvalue weighted by Crippen LogP contribution is 2.24. The van der Waals surface area contributed by atoms with Crippen LogP contribution in [0.4, 0.5) is 4.39 Å². The number of carboxylic acid groups (broad SMARTS) is 1. The predicted octanol–water partition coefficient (Wildman–Crippen LogP) is 2.58. The molecule has 0 spiro atoms. The van der Waals surface area contributed by atoms with Crippen molar-refractivity contribution in [1.82, 2.24) is 0 Å². The van der Waals surface area contributed by atoms with Crippen molar-refractivity contribution in [3.8, 4) is 0 Å². The summed E-state index contributed by atoms with van der Waals surface area (Å²) < 4.78 is 18.6. The van der Waals surface area contributed by atoms with Crippen LogP contribution in [0.2, 0.25) is 0 Å². The first kappa shape index (κ1) is 14.2. The maximum absolute atomic E-state index is 13.7. The van der Waals surface area contributed by atoms with Gasteiger partial charge < -0.3 is 9.84 Å². The molecule has 0 saturated heterocycles. The van der Waals surface area contributed by atoms with Gasteiger partial charge in [0, 0.05) is 5.56 Å². The van der Waals surface area contributed by atoms with Gasteiger partial charge in [-0.1, -0.05) is 13.0 Å². The highest BCUT2D eigenvalue weighted by Gasteiger charge is 2.25. The highest BCUT2D eigenvalue weighted by atomic mass is 19.1. The molecule has 0 aliphatic carbocycles. The van der Waals surface area contributed by atoms with E-state index in [-0.39, 0.29) is 17.7 Å². The molecule has 1 unspecified atom stereocenters. The van der Waals surface area contributed by atoms with E-state index in [2.05, 4.69) is 0 Å². The summed E-state index contributed by atoms with van der Waals surface area (Å²) in [5.41, 5.74) is -0.345. The fourth-order valence-electron chi connectivity index (χ4n) is 1.61. The first-order valence-electron chi connectivity index (χ1n) is 5.67. The average molecular weight is 254 g/mol. The van der Waals surface area contributed by atoms with Crippen molar-refractivity contribution < 1.29 is 23.8 Å². The van der Waals surface area contributed by atoms with Gasteiger partial charge >= 0.3 is 11.9 Å². The molecule has 1 aromatic rings. The summed E-state index contributed by atoms with van der Waals surface area (Å²) in [6.07, 6.45) is 0.654. The van der Waals surface area contributed by atoms with E-state index in [0.29, 0.717) is 6.42 Å². The maximum Gasteiger partial charge on any atom is 0.336 e. The van der Waals surface area contributed by atoms with Crippen LogP contribution < -0.4 is 0 Å². The van der Waals surface area contributed by atoms with Crippen molar-refractivity contribution in [2.24, 2.45) is 0 Å². The lowest BCUT2D eigenvalue weighted by atomic mass is 9.95. The number of hydrogen-bond acceptors (Lipinski definition) is 3. The van der Waals surface area contributed by atoms with Crippen molar-refractivity contribution in [2.45, 2.75) is 26.2 Å². The number of esters is 1. The third-order valence-corrected chi connectivity index (χ3v) is 2.52. The summed E-state index contributed by atoms with van der Waals surface area (Å²) >= 11 is 0. The Morgan fingerprint density at radius 2 is 2.11 bits per heavy atom. The van der Waals surface area contributed by atoms with E-state index in [1.54, 1.807) is 0 Å². The molecule has 1 aromatic carbocycles. The van der Waals surface area contributed by atoms with E-state index in [9.17, 15) is 14.0 Å². The largest absolute Gasteiger partial charge is 0.478 e. The molecule has 0 radical (unpaired) electrons. The molecule has 18 heavy (non-hydrogen) atoms. The zero-order valence-electron chi connectivity index (χ0n) is 10.3. The smallest absolute Gasteiger partial charge is 0.336 e. The lowest BCUT2D eigenvalue weighted by Gasteiger charge is -2.14. The topological polar surface area (TPSA) is 63.6 Å². The third kappa shape index (κ3) is 3.06. The first-order valence-corrected chi connectivity index (χ1v) is 5.67. The standard InChI is InChI=1S/C13H15FO4/c1-3-7-18-13(17)8(2)11-9(12(15)16)5-4-6-10(11)14/h4-6,8H,3,7H2,1-2H3,(H,15,16). The minimum absolute atomic E-state index is 0.133. The van der Waals surface area contributed by atoms with E-state index in [1.807, 2.05) is 6.92 Å². The molecule has 1 rings (SSSR count). The molecule has 1 atom stereocenters. The van der Waals surface area contributed by atoms with Crippen molar-refractivity contribution in [2.75, 3.05) is 6.61 Å². The van der Waals surface area contributed by atoms with Crippen LogP contribution in [-0.4, -0.2) is 23.7 Å². The Morgan fingerprint density at radius 1 is 1.44 bits per heavy atom. The Bertz CT molecular complexity index is 456. The average Bonchev–Trinajstić information content (AvgIpc) is 2.34. The van der Waals surface area contributed by atoms with E-state index < -0.39 is 23.7 Å². The molecular formula is C13H15FO4. The number of hydrogen-bond donors (Lipinski definition) is 1. The number of aromatic carboxylic acids is 1. The van der Waals surface area contributed by atoms with Crippen molar-refractivity contribution in [3.63, 3.8) is 0 Å². The highest BCUT2D eigenvalue weighted by molar-refractivity contribution is 5.92. The Labute approximate surface area is 104 Å². The Balaban J connectivity index is 3.07. The Hall–Kier alpha value is -1.91. The number of carboxylic acids is 1. The molecule has 0 saturated carbocycles. The fourth-order valence-corrected chi connectivity index (χ4v) is 1.61. The molecule has 0 fully saturated rings. The van der Waals surface area contributed by atoms with Gasteiger partial charge in [0.1, 0.15) is 5.82 Å². The zero-order valence-corrected chi connectivity index (χ0v) is 10.3. The van der Waals surface area contributed by atoms with Crippen LogP contribution in [0.3, 0.4) is 0 Å². The van der Waals surface area contributed by atoms with Crippen LogP contribution in [0.5, 0.6) is 0 Å². The van der Waals surface area contributed by atoms with Gasteiger partial charge in [0.25, 0.3) is 0 Å². The lowest BCUT2D eigenvalue weighted by molar-refractivity contribution is -0.145. The molecule has 1 N–H and O–H groups in total. The molecule has 0 heterocycles. The summed E-state index contributed by atoms with van der Waals surface area (Å²) in [6, 6.07) is 3.70. The summed E-state index contributed by atoms with van der Waals surface area (Å²) in [4.78, 5) is 22.6. The minimum atomic E-state index is -1.26. The molecule has 4 nitrogen and oxygen atoms in total. The number of carbonyl (C=O) groups excluding carboxylic acids is 1. The molecule has 0 amide bonds. The van der Waals surface area contributed by atoms with Gasteiger partial charge in [-0.05, 0) is 25.5 Å². The zero-order chi connectivity index (χ0) is 13.7. The third-order valence-electron chi connectivity index (χ3n) is 2.52. The van der Waals surface area contributed by atoms with Gasteiger partial charge in [0.15, 0.2) is 0 Å². The van der Waals surface area contributed by atoms with Crippen LogP contribution in [0.1, 0.15) is 42.1 Å². The molecule has 0 aliphatic heterocycles. The Kier molecular flexibility index (Phi) is 4.83. The summed E-state index contributed by atoms with van der Waals surface area (Å²) in [7, 11) is 0. The lowest BCUT2D eigenvalue weighted by Crippen LogP contribution is -2.18. The van der Waals surface area contributed by atoms with E-state index in [4.69, 9.17) is 9.84 Å². The van der Waals surface area contributed by atoms with Gasteiger partial charge in [-0.15, -0.1) is 0 Å². The summed E-state index contributed by atoms with van der Waals surface area (Å²) in [5, 5.41) is 8.98. The monoisotopic (exact) mass is 254 g/mol. The maximum atomic E-state index is 13.7. The number of ether oxygens (including phenoxy) is 1. The minimum Gasteiger partial charge on any atom is -0.478 e. The van der Waals surface area contributed by atoms with Crippen LogP contribution in [0.15, 0.2) is 18.2 Å². The van der Waals surface area contributed by atoms with Gasteiger partial charge in [-0.2, -0.15) is 0 Å². The number of benzene rings is 1. The molecule has 0 aliphatic rings. The second kappa shape index (κ2) is 6.14. The number of rotatable bonds is 5. The van der Waals surface area contributed by atoms with Crippen LogP contribution in [0, 0.1) is 5.82 Å². The normalized spacial score (nSPS) is 11.9. The second-order valence-electron chi connectivity index (χ2n) is 3.90. The van der Waals surface area contributed by atoms with Crippen molar-refractivity contribution >= 4 is 11.9 Å². The van der Waals surface area contributed by atoms with E-state index in [1.165, 1.54) is 19.1 Å². The second-order valence-corrected chi connectivity index (χ2v) is 3.90. The SMILES string of the molecule is CCCOC(=O)C(C)c1c(F)cccc1C(=O)O. The fraction of sp³-hybridized carbons (Fsp3) is 0.385. The van der Waals surface area contributed by atoms with E-state index in [0.717, 1.165) is 6.07 Å². The van der Waals surface area contributed by atoms with Gasteiger partial charge in [-0.25, -0.2) is 9.18 Å². The van der Waals surface area contributed by atoms with Crippen LogP contribution in [0.25, 0.3) is 0 Å². The molecule has 0 bridgehead atoms. The predicted molar refractivity (Wildman–Crippen MR) is 63.0 cm³/mol. The van der Waals surface area contributed by atoms with Crippen molar-refractivity contribution in [3.05, 3.63) is 35.1 Å². The quantitative estimate of drug-likeness (QED) is 0.820. The van der Waals surface area contributed by atoms with Gasteiger partial charge in [-0.3, -0.25) is 4.79 Å². The summed E-state index contributed by atoms with van der Waals surface area (Å²) in [5.74, 6) is -3.54. The molecule has 5 heteroatoms. The van der Waals surface area contributed by atoms with E-state index >= 15 is 0 Å². The number of carbonyl (C=O) groups is 2. The van der Waals surface area contributed by atoms with Crippen LogP contribution in [-0.2, 0) is 9.53 Å².